The molecule has 1 aromatic heterocycles. The predicted molar refractivity (Wildman–Crippen MR) is 99.8 cm³/mol. The first kappa shape index (κ1) is 17.4. The molecule has 0 atom stereocenters. The summed E-state index contributed by atoms with van der Waals surface area (Å²) < 4.78 is 10.9. The van der Waals surface area contributed by atoms with Crippen LogP contribution in [0.15, 0.2) is 52.9 Å². The molecule has 0 saturated heterocycles. The maximum Gasteiger partial charge on any atom is 0.259 e. The summed E-state index contributed by atoms with van der Waals surface area (Å²) in [5.74, 6) is 1.43. The van der Waals surface area contributed by atoms with Gasteiger partial charge in [-0.25, -0.2) is 0 Å². The maximum absolute atomic E-state index is 12.5. The number of halogens is 2. The van der Waals surface area contributed by atoms with Crippen LogP contribution in [0.5, 0.6) is 5.75 Å². The maximum atomic E-state index is 12.5. The van der Waals surface area contributed by atoms with E-state index in [1.54, 1.807) is 62.6 Å². The number of nitrogens with one attached hydrogen (secondary N) is 1. The van der Waals surface area contributed by atoms with Crippen LogP contribution in [-0.2, 0) is 0 Å². The van der Waals surface area contributed by atoms with Crippen molar-refractivity contribution in [3.8, 4) is 17.1 Å². The van der Waals surface area contributed by atoms with Gasteiger partial charge >= 0.3 is 0 Å². The van der Waals surface area contributed by atoms with Gasteiger partial charge in [0.1, 0.15) is 17.3 Å². The average Bonchev–Trinajstić information content (AvgIpc) is 2.96. The summed E-state index contributed by atoms with van der Waals surface area (Å²) in [7, 11) is 1.57. The van der Waals surface area contributed by atoms with Crippen LogP contribution in [0, 0.1) is 6.92 Å². The third-order valence-electron chi connectivity index (χ3n) is 3.64. The number of hydrogen-bond donors (Lipinski definition) is 1. The van der Waals surface area contributed by atoms with E-state index in [1.165, 1.54) is 0 Å². The van der Waals surface area contributed by atoms with E-state index < -0.39 is 0 Å². The van der Waals surface area contributed by atoms with Gasteiger partial charge < -0.3 is 14.5 Å². The zero-order chi connectivity index (χ0) is 18.0. The van der Waals surface area contributed by atoms with E-state index in [0.29, 0.717) is 44.1 Å². The first-order valence-electron chi connectivity index (χ1n) is 7.48. The van der Waals surface area contributed by atoms with Crippen LogP contribution in [0.2, 0.25) is 10.0 Å². The summed E-state index contributed by atoms with van der Waals surface area (Å²) in [6.45, 7) is 1.73. The van der Waals surface area contributed by atoms with E-state index in [2.05, 4.69) is 5.32 Å². The Kier molecular flexibility index (Phi) is 5.02. The van der Waals surface area contributed by atoms with E-state index >= 15 is 0 Å². The molecular weight excluding hydrogens is 361 g/mol. The number of hydrogen-bond acceptors (Lipinski definition) is 3. The number of carbonyl (C=O) groups is 1. The van der Waals surface area contributed by atoms with Crippen molar-refractivity contribution < 1.29 is 13.9 Å². The number of anilines is 1. The van der Waals surface area contributed by atoms with E-state index in [1.807, 2.05) is 0 Å². The topological polar surface area (TPSA) is 51.5 Å². The first-order valence-corrected chi connectivity index (χ1v) is 8.24. The highest BCUT2D eigenvalue weighted by atomic mass is 35.5. The van der Waals surface area contributed by atoms with Gasteiger partial charge in [0.05, 0.1) is 12.7 Å². The Bertz CT molecular complexity index is 914. The SMILES string of the molecule is COc1cccc(NC(=O)c2cc(-c3cc(Cl)cc(Cl)c3)oc2C)c1. The molecule has 0 aliphatic heterocycles. The van der Waals surface area contributed by atoms with E-state index in [0.717, 1.165) is 0 Å². The van der Waals surface area contributed by atoms with Crippen molar-refractivity contribution in [1.29, 1.82) is 0 Å². The molecule has 1 N–H and O–H groups in total. The van der Waals surface area contributed by atoms with Crippen molar-refractivity contribution >= 4 is 34.8 Å². The van der Waals surface area contributed by atoms with Gasteiger partial charge in [-0.3, -0.25) is 4.79 Å². The number of furan rings is 1. The molecule has 0 fully saturated rings. The number of aryl methyl sites for hydroxylation is 1. The van der Waals surface area contributed by atoms with Crippen molar-refractivity contribution in [2.75, 3.05) is 12.4 Å². The minimum atomic E-state index is -0.270. The molecule has 0 saturated carbocycles. The lowest BCUT2D eigenvalue weighted by molar-refractivity contribution is 0.102. The fourth-order valence-electron chi connectivity index (χ4n) is 2.45. The Morgan fingerprint density at radius 3 is 2.48 bits per heavy atom. The highest BCUT2D eigenvalue weighted by molar-refractivity contribution is 6.35. The van der Waals surface area contributed by atoms with Crippen LogP contribution in [-0.4, -0.2) is 13.0 Å². The lowest BCUT2D eigenvalue weighted by Gasteiger charge is -2.06. The standard InChI is InChI=1S/C19H15Cl2NO3/c1-11-17(19(23)22-15-4-3-5-16(9-15)24-2)10-18(25-11)12-6-13(20)8-14(21)7-12/h3-10H,1-2H3,(H,22,23). The van der Waals surface area contributed by atoms with Crippen molar-refractivity contribution in [2.24, 2.45) is 0 Å². The minimum Gasteiger partial charge on any atom is -0.497 e. The van der Waals surface area contributed by atoms with Gasteiger partial charge in [0.2, 0.25) is 0 Å². The number of amides is 1. The normalized spacial score (nSPS) is 10.6. The van der Waals surface area contributed by atoms with E-state index in [4.69, 9.17) is 32.4 Å². The Morgan fingerprint density at radius 2 is 1.80 bits per heavy atom. The van der Waals surface area contributed by atoms with Gasteiger partial charge in [0, 0.05) is 27.4 Å². The molecule has 3 aromatic rings. The summed E-state index contributed by atoms with van der Waals surface area (Å²) in [5.41, 5.74) is 1.78. The van der Waals surface area contributed by atoms with Gasteiger partial charge in [0.15, 0.2) is 0 Å². The van der Waals surface area contributed by atoms with Crippen LogP contribution < -0.4 is 10.1 Å². The van der Waals surface area contributed by atoms with E-state index in [-0.39, 0.29) is 5.91 Å². The monoisotopic (exact) mass is 375 g/mol. The smallest absolute Gasteiger partial charge is 0.259 e. The molecule has 4 nitrogen and oxygen atoms in total. The number of rotatable bonds is 4. The molecule has 1 amide bonds. The predicted octanol–water partition coefficient (Wildman–Crippen LogP) is 5.82. The summed E-state index contributed by atoms with van der Waals surface area (Å²) in [4.78, 5) is 12.5. The van der Waals surface area contributed by atoms with Crippen LogP contribution in [0.3, 0.4) is 0 Å². The first-order chi connectivity index (χ1) is 12.0. The molecule has 1 heterocycles. The van der Waals surface area contributed by atoms with Crippen LogP contribution >= 0.6 is 23.2 Å². The Balaban J connectivity index is 1.87. The van der Waals surface area contributed by atoms with Gasteiger partial charge in [-0.05, 0) is 43.3 Å². The molecule has 0 bridgehead atoms. The van der Waals surface area contributed by atoms with Gasteiger partial charge in [-0.1, -0.05) is 29.3 Å². The highest BCUT2D eigenvalue weighted by Gasteiger charge is 2.17. The quantitative estimate of drug-likeness (QED) is 0.624. The summed E-state index contributed by atoms with van der Waals surface area (Å²) in [6.07, 6.45) is 0. The highest BCUT2D eigenvalue weighted by Crippen LogP contribution is 2.30. The van der Waals surface area contributed by atoms with Gasteiger partial charge in [0.25, 0.3) is 5.91 Å². The number of carbonyl (C=O) groups excluding carboxylic acids is 1. The van der Waals surface area contributed by atoms with Crippen LogP contribution in [0.25, 0.3) is 11.3 Å². The Labute approximate surface area is 155 Å². The second-order valence-corrected chi connectivity index (χ2v) is 6.30. The molecule has 0 unspecified atom stereocenters. The largest absolute Gasteiger partial charge is 0.497 e. The zero-order valence-corrected chi connectivity index (χ0v) is 15.1. The van der Waals surface area contributed by atoms with Gasteiger partial charge in [-0.15, -0.1) is 0 Å². The molecule has 6 heteroatoms. The third-order valence-corrected chi connectivity index (χ3v) is 4.07. The molecule has 3 rings (SSSR count). The van der Waals surface area contributed by atoms with Crippen molar-refractivity contribution in [3.05, 3.63) is 69.9 Å². The molecule has 0 aliphatic rings. The van der Waals surface area contributed by atoms with Crippen molar-refractivity contribution in [1.82, 2.24) is 0 Å². The molecule has 0 radical (unpaired) electrons. The summed E-state index contributed by atoms with van der Waals surface area (Å²) in [6, 6.07) is 13.9. The second-order valence-electron chi connectivity index (χ2n) is 5.42. The number of benzene rings is 2. The van der Waals surface area contributed by atoms with E-state index in [9.17, 15) is 4.79 Å². The molecule has 128 valence electrons. The summed E-state index contributed by atoms with van der Waals surface area (Å²) in [5, 5.41) is 3.83. The lowest BCUT2D eigenvalue weighted by atomic mass is 10.1. The number of methoxy groups -OCH3 is 1. The second kappa shape index (κ2) is 7.21. The van der Waals surface area contributed by atoms with Gasteiger partial charge in [-0.2, -0.15) is 0 Å². The number of ether oxygens (including phenoxy) is 1. The Morgan fingerprint density at radius 1 is 1.08 bits per heavy atom. The van der Waals surface area contributed by atoms with Crippen LogP contribution in [0.4, 0.5) is 5.69 Å². The Hall–Kier alpha value is -2.43. The fraction of sp³-hybridized carbons (Fsp3) is 0.105. The molecule has 0 spiro atoms. The fourth-order valence-corrected chi connectivity index (χ4v) is 2.97. The molecule has 2 aromatic carbocycles. The molecule has 0 aliphatic carbocycles. The summed E-state index contributed by atoms with van der Waals surface area (Å²) >= 11 is 12.1. The van der Waals surface area contributed by atoms with Crippen molar-refractivity contribution in [3.63, 3.8) is 0 Å². The lowest BCUT2D eigenvalue weighted by Crippen LogP contribution is -2.12. The van der Waals surface area contributed by atoms with Crippen molar-refractivity contribution in [2.45, 2.75) is 6.92 Å². The molecular formula is C19H15Cl2NO3. The molecule has 25 heavy (non-hydrogen) atoms. The minimum absolute atomic E-state index is 0.270. The third kappa shape index (κ3) is 3.98. The zero-order valence-electron chi connectivity index (χ0n) is 13.6. The average molecular weight is 376 g/mol. The van der Waals surface area contributed by atoms with Crippen LogP contribution in [0.1, 0.15) is 16.1 Å².